The molecule has 0 saturated heterocycles. The highest BCUT2D eigenvalue weighted by Gasteiger charge is 2.18. The lowest BCUT2D eigenvalue weighted by Gasteiger charge is -1.93. The minimum atomic E-state index is 0.896. The second kappa shape index (κ2) is 6.08. The molecule has 6 heterocycles. The van der Waals surface area contributed by atoms with Gasteiger partial charge in [0.25, 0.3) is 0 Å². The first-order valence-electron chi connectivity index (χ1n) is 9.55. The average Bonchev–Trinajstić information content (AvgIpc) is 3.49. The first-order chi connectivity index (χ1) is 14.6. The molecule has 6 aromatic heterocycles. The van der Waals surface area contributed by atoms with Crippen molar-refractivity contribution in [2.24, 2.45) is 0 Å². The van der Waals surface area contributed by atoms with Gasteiger partial charge in [-0.2, -0.15) is 0 Å². The van der Waals surface area contributed by atoms with Crippen LogP contribution in [0.5, 0.6) is 0 Å². The van der Waals surface area contributed by atoms with Crippen LogP contribution >= 0.6 is 45.3 Å². The molecule has 1 aromatic carbocycles. The number of furan rings is 2. The molecule has 0 atom stereocenters. The molecule has 0 aliphatic heterocycles. The van der Waals surface area contributed by atoms with Crippen LogP contribution in [0.2, 0.25) is 0 Å². The second-order valence-corrected chi connectivity index (χ2v) is 11.6. The zero-order chi connectivity index (χ0) is 20.0. The summed E-state index contributed by atoms with van der Waals surface area (Å²) in [5.41, 5.74) is 6.33. The van der Waals surface area contributed by atoms with Crippen molar-refractivity contribution in [1.29, 1.82) is 0 Å². The number of aryl methyl sites for hydroxylation is 2. The molecule has 0 spiro atoms. The van der Waals surface area contributed by atoms with E-state index in [0.29, 0.717) is 0 Å². The van der Waals surface area contributed by atoms with Crippen LogP contribution < -0.4 is 0 Å². The van der Waals surface area contributed by atoms with E-state index in [1.165, 1.54) is 50.8 Å². The maximum Gasteiger partial charge on any atom is 0.146 e. The molecule has 146 valence electrons. The molecule has 0 N–H and O–H groups in total. The Morgan fingerprint density at radius 2 is 1.03 bits per heavy atom. The summed E-state index contributed by atoms with van der Waals surface area (Å²) >= 11 is 7.21. The fraction of sp³-hybridized carbons (Fsp3) is 0.0833. The molecule has 2 nitrogen and oxygen atoms in total. The van der Waals surface area contributed by atoms with Crippen LogP contribution in [-0.4, -0.2) is 0 Å². The third kappa shape index (κ3) is 2.45. The summed E-state index contributed by atoms with van der Waals surface area (Å²) in [6.07, 6.45) is 0. The lowest BCUT2D eigenvalue weighted by molar-refractivity contribution is 0.657. The van der Waals surface area contributed by atoms with Crippen LogP contribution in [0.15, 0.2) is 56.0 Å². The maximum absolute atomic E-state index is 6.20. The van der Waals surface area contributed by atoms with Gasteiger partial charge in [0.1, 0.15) is 22.3 Å². The molecule has 0 amide bonds. The Labute approximate surface area is 187 Å². The highest BCUT2D eigenvalue weighted by Crippen LogP contribution is 2.46. The Balaban J connectivity index is 1.44. The molecule has 0 radical (unpaired) electrons. The second-order valence-electron chi connectivity index (χ2n) is 7.63. The fourth-order valence-corrected chi connectivity index (χ4v) is 8.15. The first-order valence-corrected chi connectivity index (χ1v) is 12.9. The highest BCUT2D eigenvalue weighted by molar-refractivity contribution is 7.27. The van der Waals surface area contributed by atoms with Gasteiger partial charge in [-0.1, -0.05) is 0 Å². The van der Waals surface area contributed by atoms with Gasteiger partial charge in [0.05, 0.1) is 9.40 Å². The number of benzene rings is 1. The van der Waals surface area contributed by atoms with Crippen molar-refractivity contribution in [3.8, 4) is 19.5 Å². The van der Waals surface area contributed by atoms with Crippen molar-refractivity contribution < 1.29 is 8.83 Å². The number of thiophene rings is 4. The largest absolute Gasteiger partial charge is 0.455 e. The standard InChI is InChI=1S/C24H14O2S4/c1-11-3-19(27-9-11)21-7-17-23(29-21)13-5-14-16(6-15(13)25-17)26-18-8-22(30-24(14)18)20-4-12(2)10-28-20/h3-10H,1-2H3. The van der Waals surface area contributed by atoms with E-state index >= 15 is 0 Å². The van der Waals surface area contributed by atoms with Crippen LogP contribution in [0.4, 0.5) is 0 Å². The van der Waals surface area contributed by atoms with Crippen molar-refractivity contribution in [3.63, 3.8) is 0 Å². The SMILES string of the molecule is Cc1csc(-c2cc3oc4cc5oc6cc(-c7cc(C)cs7)sc6c5cc4c3s2)c1. The number of hydrogen-bond acceptors (Lipinski definition) is 6. The summed E-state index contributed by atoms with van der Waals surface area (Å²) in [7, 11) is 0. The maximum atomic E-state index is 6.20. The smallest absolute Gasteiger partial charge is 0.146 e. The fourth-order valence-electron chi connectivity index (χ4n) is 3.96. The van der Waals surface area contributed by atoms with Gasteiger partial charge in [0.2, 0.25) is 0 Å². The van der Waals surface area contributed by atoms with Gasteiger partial charge in [0.15, 0.2) is 0 Å². The van der Waals surface area contributed by atoms with E-state index in [-0.39, 0.29) is 0 Å². The lowest BCUT2D eigenvalue weighted by atomic mass is 10.2. The van der Waals surface area contributed by atoms with Gasteiger partial charge >= 0.3 is 0 Å². The molecule has 7 rings (SSSR count). The molecule has 0 aliphatic carbocycles. The molecular formula is C24H14O2S4. The zero-order valence-electron chi connectivity index (χ0n) is 16.1. The van der Waals surface area contributed by atoms with Crippen LogP contribution in [0.3, 0.4) is 0 Å². The first kappa shape index (κ1) is 17.3. The molecule has 0 bridgehead atoms. The third-order valence-corrected chi connectivity index (χ3v) is 10.1. The number of hydrogen-bond donors (Lipinski definition) is 0. The molecule has 0 unspecified atom stereocenters. The highest BCUT2D eigenvalue weighted by atomic mass is 32.1. The Morgan fingerprint density at radius 1 is 0.533 bits per heavy atom. The summed E-state index contributed by atoms with van der Waals surface area (Å²) in [4.78, 5) is 5.15. The van der Waals surface area contributed by atoms with Gasteiger partial charge in [-0.3, -0.25) is 0 Å². The van der Waals surface area contributed by atoms with Gasteiger partial charge in [-0.25, -0.2) is 0 Å². The van der Waals surface area contributed by atoms with Crippen molar-refractivity contribution in [1.82, 2.24) is 0 Å². The van der Waals surface area contributed by atoms with Crippen LogP contribution in [0.25, 0.3) is 62.0 Å². The predicted octanol–water partition coefficient (Wildman–Crippen LogP) is 9.68. The van der Waals surface area contributed by atoms with Crippen molar-refractivity contribution in [2.75, 3.05) is 0 Å². The van der Waals surface area contributed by atoms with E-state index < -0.39 is 0 Å². The van der Waals surface area contributed by atoms with Crippen LogP contribution in [0, 0.1) is 13.8 Å². The quantitative estimate of drug-likeness (QED) is 0.255. The van der Waals surface area contributed by atoms with E-state index in [1.807, 2.05) is 28.7 Å². The number of fused-ring (bicyclic) bond motifs is 6. The van der Waals surface area contributed by atoms with Gasteiger partial charge < -0.3 is 8.83 Å². The van der Waals surface area contributed by atoms with E-state index in [4.69, 9.17) is 8.83 Å². The van der Waals surface area contributed by atoms with E-state index in [0.717, 1.165) is 22.3 Å². The minimum Gasteiger partial charge on any atom is -0.455 e. The Bertz CT molecular complexity index is 1600. The Hall–Kier alpha value is -2.38. The molecule has 0 aliphatic rings. The molecular weight excluding hydrogens is 449 g/mol. The van der Waals surface area contributed by atoms with Crippen LogP contribution in [-0.2, 0) is 0 Å². The summed E-state index contributed by atoms with van der Waals surface area (Å²) in [5, 5.41) is 6.74. The van der Waals surface area contributed by atoms with Gasteiger partial charge in [0, 0.05) is 48.5 Å². The summed E-state index contributed by atoms with van der Waals surface area (Å²) in [6.45, 7) is 4.28. The Morgan fingerprint density at radius 3 is 1.47 bits per heavy atom. The zero-order valence-corrected chi connectivity index (χ0v) is 19.3. The van der Waals surface area contributed by atoms with E-state index in [1.54, 1.807) is 22.7 Å². The lowest BCUT2D eigenvalue weighted by Crippen LogP contribution is -1.67. The summed E-state index contributed by atoms with van der Waals surface area (Å²) < 4.78 is 14.8. The molecule has 0 fully saturated rings. The average molecular weight is 463 g/mol. The number of rotatable bonds is 2. The summed E-state index contributed by atoms with van der Waals surface area (Å²) in [5.74, 6) is 0. The normalized spacial score (nSPS) is 12.3. The predicted molar refractivity (Wildman–Crippen MR) is 133 cm³/mol. The van der Waals surface area contributed by atoms with Crippen molar-refractivity contribution in [2.45, 2.75) is 13.8 Å². The molecule has 0 saturated carbocycles. The van der Waals surface area contributed by atoms with Crippen molar-refractivity contribution >= 4 is 87.9 Å². The molecule has 30 heavy (non-hydrogen) atoms. The van der Waals surface area contributed by atoms with Crippen LogP contribution in [0.1, 0.15) is 11.1 Å². The topological polar surface area (TPSA) is 26.3 Å². The van der Waals surface area contributed by atoms with Crippen molar-refractivity contribution in [3.05, 3.63) is 58.3 Å². The monoisotopic (exact) mass is 462 g/mol. The van der Waals surface area contributed by atoms with E-state index in [2.05, 4.69) is 54.9 Å². The van der Waals surface area contributed by atoms with Gasteiger partial charge in [-0.15, -0.1) is 45.3 Å². The molecule has 6 heteroatoms. The Kier molecular flexibility index (Phi) is 3.51. The van der Waals surface area contributed by atoms with Gasteiger partial charge in [-0.05, 0) is 53.9 Å². The molecule has 7 aromatic rings. The summed E-state index contributed by atoms with van der Waals surface area (Å²) in [6, 6.07) is 13.1. The van der Waals surface area contributed by atoms with E-state index in [9.17, 15) is 0 Å². The third-order valence-electron chi connectivity index (χ3n) is 5.35. The minimum absolute atomic E-state index is 0.896.